The highest BCUT2D eigenvalue weighted by Crippen LogP contribution is 2.40. The first-order chi connectivity index (χ1) is 13.6. The summed E-state index contributed by atoms with van der Waals surface area (Å²) >= 11 is 0. The monoisotopic (exact) mass is 368 g/mol. The molecule has 4 aromatic rings. The number of carbonyl (C=O) groups is 1. The third-order valence-electron chi connectivity index (χ3n) is 5.07. The van der Waals surface area contributed by atoms with E-state index in [1.807, 2.05) is 37.3 Å². The number of carbonyl (C=O) groups excluding carboxylic acids is 1. The number of rotatable bonds is 2. The second-order valence-electron chi connectivity index (χ2n) is 6.85. The summed E-state index contributed by atoms with van der Waals surface area (Å²) in [4.78, 5) is 32.5. The van der Waals surface area contributed by atoms with Gasteiger partial charge in [0.1, 0.15) is 11.4 Å². The van der Waals surface area contributed by atoms with Crippen LogP contribution >= 0.6 is 0 Å². The number of aryl methyl sites for hydroxylation is 1. The minimum absolute atomic E-state index is 0.0833. The number of nitrogens with zero attached hydrogens (tertiary/aromatic N) is 2. The largest absolute Gasteiger partial charge is 0.450 e. The van der Waals surface area contributed by atoms with Gasteiger partial charge in [-0.15, -0.1) is 0 Å². The summed E-state index contributed by atoms with van der Waals surface area (Å²) in [5, 5.41) is 0.467. The normalized spacial score (nSPS) is 15.8. The third kappa shape index (κ3) is 2.36. The molecule has 0 saturated heterocycles. The van der Waals surface area contributed by atoms with Crippen molar-refractivity contribution in [3.63, 3.8) is 0 Å². The first-order valence-corrected chi connectivity index (χ1v) is 9.02. The Morgan fingerprint density at radius 1 is 0.929 bits per heavy atom. The second kappa shape index (κ2) is 6.16. The number of anilines is 1. The van der Waals surface area contributed by atoms with E-state index in [9.17, 15) is 9.59 Å². The maximum Gasteiger partial charge on any atom is 0.296 e. The molecule has 0 aliphatic carbocycles. The van der Waals surface area contributed by atoms with Crippen LogP contribution in [0.4, 0.5) is 5.82 Å². The zero-order valence-corrected chi connectivity index (χ0v) is 15.1. The molecule has 0 saturated carbocycles. The standard InChI is InChI=1S/C23H16N2O3/c1-14-9-11-15(12-10-14)20-19-21(26)16-6-2-3-7-17(16)28-22(19)23(27)25(20)18-8-4-5-13-24-18/h2-13,20H,1H3/t20-/m0/s1. The summed E-state index contributed by atoms with van der Waals surface area (Å²) in [5.74, 6) is 0.204. The Labute approximate surface area is 160 Å². The number of fused-ring (bicyclic) bond motifs is 2. The quantitative estimate of drug-likeness (QED) is 0.531. The SMILES string of the molecule is Cc1ccc([C@H]2c3c(oc4ccccc4c3=O)C(=O)N2c2ccccn2)cc1. The minimum atomic E-state index is -0.584. The molecule has 0 N–H and O–H groups in total. The van der Waals surface area contributed by atoms with Crippen LogP contribution in [0.15, 0.2) is 82.1 Å². The molecule has 0 fully saturated rings. The van der Waals surface area contributed by atoms with Crippen molar-refractivity contribution < 1.29 is 9.21 Å². The van der Waals surface area contributed by atoms with Crippen molar-refractivity contribution in [1.82, 2.24) is 4.98 Å². The molecule has 1 atom stereocenters. The molecule has 28 heavy (non-hydrogen) atoms. The lowest BCUT2D eigenvalue weighted by Crippen LogP contribution is -2.30. The Kier molecular flexibility index (Phi) is 3.62. The highest BCUT2D eigenvalue weighted by atomic mass is 16.3. The van der Waals surface area contributed by atoms with E-state index in [0.29, 0.717) is 22.4 Å². The van der Waals surface area contributed by atoms with E-state index < -0.39 is 6.04 Å². The van der Waals surface area contributed by atoms with Crippen molar-refractivity contribution in [3.8, 4) is 0 Å². The van der Waals surface area contributed by atoms with Crippen LogP contribution in [0.1, 0.15) is 33.3 Å². The fourth-order valence-electron chi connectivity index (χ4n) is 3.72. The predicted molar refractivity (Wildman–Crippen MR) is 107 cm³/mol. The van der Waals surface area contributed by atoms with Gasteiger partial charge >= 0.3 is 0 Å². The van der Waals surface area contributed by atoms with Gasteiger partial charge in [0, 0.05) is 6.20 Å². The fourth-order valence-corrected chi connectivity index (χ4v) is 3.72. The Morgan fingerprint density at radius 3 is 2.43 bits per heavy atom. The number of pyridine rings is 1. The van der Waals surface area contributed by atoms with Crippen molar-refractivity contribution in [2.24, 2.45) is 0 Å². The summed E-state index contributed by atoms with van der Waals surface area (Å²) < 4.78 is 5.91. The van der Waals surface area contributed by atoms with Crippen LogP contribution in [-0.4, -0.2) is 10.9 Å². The lowest BCUT2D eigenvalue weighted by Gasteiger charge is -2.24. The van der Waals surface area contributed by atoms with E-state index >= 15 is 0 Å². The number of amides is 1. The highest BCUT2D eigenvalue weighted by molar-refractivity contribution is 6.10. The van der Waals surface area contributed by atoms with Crippen LogP contribution in [-0.2, 0) is 0 Å². The molecule has 2 aromatic carbocycles. The second-order valence-corrected chi connectivity index (χ2v) is 6.85. The highest BCUT2D eigenvalue weighted by Gasteiger charge is 2.44. The third-order valence-corrected chi connectivity index (χ3v) is 5.07. The van der Waals surface area contributed by atoms with Crippen molar-refractivity contribution in [2.45, 2.75) is 13.0 Å². The molecular formula is C23H16N2O3. The van der Waals surface area contributed by atoms with E-state index in [-0.39, 0.29) is 17.1 Å². The van der Waals surface area contributed by atoms with Crippen LogP contribution in [0, 0.1) is 6.92 Å². The van der Waals surface area contributed by atoms with Crippen LogP contribution in [0.5, 0.6) is 0 Å². The molecule has 5 heteroatoms. The molecule has 0 unspecified atom stereocenters. The summed E-state index contributed by atoms with van der Waals surface area (Å²) in [7, 11) is 0. The number of para-hydroxylation sites is 1. The topological polar surface area (TPSA) is 63.4 Å². The molecular weight excluding hydrogens is 352 g/mol. The average molecular weight is 368 g/mol. The van der Waals surface area contributed by atoms with Gasteiger partial charge in [0.15, 0.2) is 5.43 Å². The molecule has 136 valence electrons. The minimum Gasteiger partial charge on any atom is -0.450 e. The van der Waals surface area contributed by atoms with E-state index in [4.69, 9.17) is 4.42 Å². The molecule has 1 aliphatic rings. The van der Waals surface area contributed by atoms with Crippen molar-refractivity contribution in [2.75, 3.05) is 4.90 Å². The zero-order valence-electron chi connectivity index (χ0n) is 15.1. The van der Waals surface area contributed by atoms with Gasteiger partial charge in [0.25, 0.3) is 5.91 Å². The van der Waals surface area contributed by atoms with Gasteiger partial charge in [-0.1, -0.05) is 48.0 Å². The average Bonchev–Trinajstić information content (AvgIpc) is 3.02. The van der Waals surface area contributed by atoms with Gasteiger partial charge < -0.3 is 4.42 Å². The van der Waals surface area contributed by atoms with E-state index in [0.717, 1.165) is 11.1 Å². The maximum absolute atomic E-state index is 13.3. The molecule has 0 radical (unpaired) electrons. The fraction of sp³-hybridized carbons (Fsp3) is 0.0870. The van der Waals surface area contributed by atoms with Gasteiger partial charge in [-0.3, -0.25) is 14.5 Å². The summed E-state index contributed by atoms with van der Waals surface area (Å²) in [6, 6.07) is 19.6. The molecule has 2 aromatic heterocycles. The number of benzene rings is 2. The van der Waals surface area contributed by atoms with Crippen LogP contribution in [0.25, 0.3) is 11.0 Å². The van der Waals surface area contributed by atoms with Gasteiger partial charge in [0.2, 0.25) is 5.76 Å². The van der Waals surface area contributed by atoms with E-state index in [1.165, 1.54) is 0 Å². The number of hydrogen-bond acceptors (Lipinski definition) is 4. The lowest BCUT2D eigenvalue weighted by molar-refractivity contribution is 0.0970. The first-order valence-electron chi connectivity index (χ1n) is 9.02. The Morgan fingerprint density at radius 2 is 1.68 bits per heavy atom. The summed E-state index contributed by atoms with van der Waals surface area (Å²) in [5.41, 5.74) is 2.52. The smallest absolute Gasteiger partial charge is 0.296 e. The number of aromatic nitrogens is 1. The Bertz CT molecular complexity index is 1260. The van der Waals surface area contributed by atoms with Crippen LogP contribution < -0.4 is 10.3 Å². The van der Waals surface area contributed by atoms with Crippen molar-refractivity contribution in [3.05, 3.63) is 106 Å². The number of hydrogen-bond donors (Lipinski definition) is 0. The molecule has 0 bridgehead atoms. The molecule has 5 nitrogen and oxygen atoms in total. The lowest BCUT2D eigenvalue weighted by atomic mass is 9.98. The molecule has 5 rings (SSSR count). The molecule has 3 heterocycles. The Balaban J connectivity index is 1.83. The zero-order chi connectivity index (χ0) is 19.3. The van der Waals surface area contributed by atoms with Gasteiger partial charge in [0.05, 0.1) is 17.0 Å². The van der Waals surface area contributed by atoms with Crippen LogP contribution in [0.2, 0.25) is 0 Å². The summed E-state index contributed by atoms with van der Waals surface area (Å²) in [6.45, 7) is 2.00. The molecule has 0 spiro atoms. The summed E-state index contributed by atoms with van der Waals surface area (Å²) in [6.07, 6.45) is 1.63. The van der Waals surface area contributed by atoms with Gasteiger partial charge in [-0.05, 0) is 36.8 Å². The van der Waals surface area contributed by atoms with Gasteiger partial charge in [-0.25, -0.2) is 4.98 Å². The molecule has 1 aliphatic heterocycles. The first kappa shape index (κ1) is 16.4. The van der Waals surface area contributed by atoms with Crippen molar-refractivity contribution in [1.29, 1.82) is 0 Å². The van der Waals surface area contributed by atoms with Crippen LogP contribution in [0.3, 0.4) is 0 Å². The predicted octanol–water partition coefficient (Wildman–Crippen LogP) is 4.25. The van der Waals surface area contributed by atoms with E-state index in [2.05, 4.69) is 4.98 Å². The van der Waals surface area contributed by atoms with Crippen molar-refractivity contribution >= 4 is 22.7 Å². The van der Waals surface area contributed by atoms with E-state index in [1.54, 1.807) is 47.5 Å². The Hall–Kier alpha value is -3.73. The van der Waals surface area contributed by atoms with Gasteiger partial charge in [-0.2, -0.15) is 0 Å². The maximum atomic E-state index is 13.3. The molecule has 1 amide bonds.